The molecule has 3 fully saturated rings. The van der Waals surface area contributed by atoms with E-state index in [0.29, 0.717) is 43.0 Å². The number of anilines is 3. The number of aliphatic hydroxyl groups excluding tert-OH is 1. The Balaban J connectivity index is 1.61. The summed E-state index contributed by atoms with van der Waals surface area (Å²) in [6.45, 7) is 22.2. The van der Waals surface area contributed by atoms with Gasteiger partial charge in [0.1, 0.15) is 17.4 Å². The number of amides is 3. The van der Waals surface area contributed by atoms with E-state index in [1.54, 1.807) is 26.9 Å². The van der Waals surface area contributed by atoms with E-state index in [9.17, 15) is 9.90 Å². The Kier molecular flexibility index (Phi) is 11.7. The lowest BCUT2D eigenvalue weighted by Crippen LogP contribution is -2.60. The summed E-state index contributed by atoms with van der Waals surface area (Å²) in [4.78, 5) is 52.3. The van der Waals surface area contributed by atoms with Crippen LogP contribution in [-0.4, -0.2) is 90.4 Å². The van der Waals surface area contributed by atoms with E-state index < -0.39 is 35.1 Å². The van der Waals surface area contributed by atoms with Crippen molar-refractivity contribution < 1.29 is 29.0 Å². The first kappa shape index (κ1) is 38.1. The molecule has 0 radical (unpaired) electrons. The van der Waals surface area contributed by atoms with Gasteiger partial charge >= 0.3 is 0 Å². The van der Waals surface area contributed by atoms with Gasteiger partial charge < -0.3 is 34.2 Å². The molecule has 0 saturated carbocycles. The minimum absolute atomic E-state index is 0.168. The van der Waals surface area contributed by atoms with Crippen molar-refractivity contribution in [2.24, 2.45) is 17.8 Å². The van der Waals surface area contributed by atoms with Crippen LogP contribution in [0.25, 0.3) is 0 Å². The van der Waals surface area contributed by atoms with Gasteiger partial charge in [-0.25, -0.2) is 0 Å². The zero-order valence-electron chi connectivity index (χ0n) is 31.2. The van der Waals surface area contributed by atoms with Crippen LogP contribution in [0.2, 0.25) is 0 Å². The number of fused-ring (bicyclic) bond motifs is 1. The van der Waals surface area contributed by atoms with Crippen LogP contribution < -0.4 is 19.4 Å². The third-order valence-electron chi connectivity index (χ3n) is 11.3. The number of ether oxygens (including phenoxy) is 2. The first-order valence-corrected chi connectivity index (χ1v) is 18.6. The highest BCUT2D eigenvalue weighted by Gasteiger charge is 2.79. The second kappa shape index (κ2) is 15.6. The summed E-state index contributed by atoms with van der Waals surface area (Å²) in [6, 6.07) is 13.5. The normalized spacial score (nSPS) is 25.5. The Labute approximate surface area is 303 Å². The predicted molar refractivity (Wildman–Crippen MR) is 202 cm³/mol. The predicted octanol–water partition coefficient (Wildman–Crippen LogP) is 5.84. The van der Waals surface area contributed by atoms with Crippen LogP contribution in [0.1, 0.15) is 60.8 Å². The molecular weight excluding hydrogens is 644 g/mol. The maximum atomic E-state index is 15.2. The van der Waals surface area contributed by atoms with E-state index in [4.69, 9.17) is 9.47 Å². The maximum absolute atomic E-state index is 15.2. The standard InChI is InChI=1S/C41H56N4O6/c1-9-25-43(31-19-21-32(22-20-31)50-14-6)37(47)34-35-38(48)45(33(27-46)28(7)8)36(41(35)24-23-40(34,11-3)51-41)39(49)44(26-10-2)30-17-15-29(16-18-30)42(12-4)13-5/h9-10,15-22,28,33-36,46H,1-2,11-14,23-27H2,3-8H3/t33-,34-,35-,36?,40+,41?/m0/s1. The van der Waals surface area contributed by atoms with Crippen LogP contribution in [0.5, 0.6) is 5.75 Å². The summed E-state index contributed by atoms with van der Waals surface area (Å²) in [6.07, 6.45) is 4.81. The lowest BCUT2D eigenvalue weighted by Gasteiger charge is -2.41. The zero-order chi connectivity index (χ0) is 37.1. The smallest absolute Gasteiger partial charge is 0.253 e. The minimum Gasteiger partial charge on any atom is -0.494 e. The summed E-state index contributed by atoms with van der Waals surface area (Å²) < 4.78 is 12.7. The van der Waals surface area contributed by atoms with Gasteiger partial charge in [0.05, 0.1) is 36.7 Å². The van der Waals surface area contributed by atoms with Gasteiger partial charge in [-0.15, -0.1) is 13.2 Å². The summed E-state index contributed by atoms with van der Waals surface area (Å²) in [7, 11) is 0. The van der Waals surface area contributed by atoms with E-state index in [-0.39, 0.29) is 43.3 Å². The van der Waals surface area contributed by atoms with E-state index >= 15 is 9.59 Å². The molecule has 3 aliphatic heterocycles. The van der Waals surface area contributed by atoms with Crippen LogP contribution in [0.15, 0.2) is 73.8 Å². The van der Waals surface area contributed by atoms with Crippen molar-refractivity contribution in [1.29, 1.82) is 0 Å². The molecule has 3 heterocycles. The molecule has 2 aromatic carbocycles. The van der Waals surface area contributed by atoms with Gasteiger partial charge in [0, 0.05) is 43.2 Å². The maximum Gasteiger partial charge on any atom is 0.253 e. The molecule has 276 valence electrons. The Hall–Kier alpha value is -4.15. The van der Waals surface area contributed by atoms with Gasteiger partial charge in [-0.1, -0.05) is 32.9 Å². The largest absolute Gasteiger partial charge is 0.494 e. The van der Waals surface area contributed by atoms with Crippen molar-refractivity contribution >= 4 is 34.8 Å². The topological polar surface area (TPSA) is 103 Å². The summed E-state index contributed by atoms with van der Waals surface area (Å²) >= 11 is 0. The number of nitrogens with zero attached hydrogens (tertiary/aromatic N) is 4. The highest BCUT2D eigenvalue weighted by molar-refractivity contribution is 6.07. The number of aliphatic hydroxyl groups is 1. The van der Waals surface area contributed by atoms with E-state index in [1.807, 2.05) is 76.2 Å². The lowest BCUT2D eigenvalue weighted by atomic mass is 9.64. The summed E-state index contributed by atoms with van der Waals surface area (Å²) in [5, 5.41) is 10.8. The number of benzene rings is 2. The van der Waals surface area contributed by atoms with E-state index in [2.05, 4.69) is 31.9 Å². The van der Waals surface area contributed by atoms with Gasteiger partial charge in [-0.05, 0) is 94.5 Å². The van der Waals surface area contributed by atoms with Crippen LogP contribution in [-0.2, 0) is 19.1 Å². The second-order valence-corrected chi connectivity index (χ2v) is 14.2. The summed E-state index contributed by atoms with van der Waals surface area (Å²) in [5.41, 5.74) is 0.181. The molecule has 1 N–H and O–H groups in total. The summed E-state index contributed by atoms with van der Waals surface area (Å²) in [5.74, 6) is -2.11. The highest BCUT2D eigenvalue weighted by atomic mass is 16.5. The molecule has 2 bridgehead atoms. The van der Waals surface area contributed by atoms with Crippen LogP contribution >= 0.6 is 0 Å². The first-order chi connectivity index (χ1) is 24.5. The average molecular weight is 701 g/mol. The number of likely N-dealkylation sites (tertiary alicyclic amines) is 1. The van der Waals surface area contributed by atoms with E-state index in [0.717, 1.165) is 18.8 Å². The SMILES string of the molecule is C=CCN(C(=O)C1N([C@@H](CO)C(C)C)C(=O)[C@@H]2[C@@H](C(=O)N(CC=C)c3ccc(OCC)cc3)[C@@]3(CC)CCC12O3)c1ccc(N(CC)CC)cc1. The molecule has 10 nitrogen and oxygen atoms in total. The Morgan fingerprint density at radius 2 is 1.47 bits per heavy atom. The number of carbonyl (C=O) groups is 3. The number of carbonyl (C=O) groups excluding carboxylic acids is 3. The molecule has 0 aliphatic carbocycles. The van der Waals surface area contributed by atoms with Crippen LogP contribution in [0.3, 0.4) is 0 Å². The number of hydrogen-bond acceptors (Lipinski definition) is 7. The fourth-order valence-electron chi connectivity index (χ4n) is 8.83. The minimum atomic E-state index is -1.26. The first-order valence-electron chi connectivity index (χ1n) is 18.6. The van der Waals surface area contributed by atoms with Crippen molar-refractivity contribution in [2.45, 2.75) is 84.1 Å². The van der Waals surface area contributed by atoms with Crippen molar-refractivity contribution in [3.63, 3.8) is 0 Å². The molecule has 3 aliphatic rings. The third-order valence-corrected chi connectivity index (χ3v) is 11.3. The monoisotopic (exact) mass is 700 g/mol. The Morgan fingerprint density at radius 1 is 0.922 bits per heavy atom. The van der Waals surface area contributed by atoms with Gasteiger partial charge in [0.15, 0.2) is 0 Å². The number of hydrogen-bond donors (Lipinski definition) is 1. The van der Waals surface area contributed by atoms with Crippen molar-refractivity contribution in [3.8, 4) is 5.75 Å². The highest BCUT2D eigenvalue weighted by Crippen LogP contribution is 2.65. The van der Waals surface area contributed by atoms with Gasteiger partial charge in [0.2, 0.25) is 11.8 Å². The molecule has 2 unspecified atom stereocenters. The molecule has 3 saturated heterocycles. The van der Waals surface area contributed by atoms with E-state index in [1.165, 1.54) is 0 Å². The van der Waals surface area contributed by atoms with Crippen LogP contribution in [0, 0.1) is 17.8 Å². The Bertz CT molecular complexity index is 1570. The van der Waals surface area contributed by atoms with Crippen molar-refractivity contribution in [2.75, 3.05) is 54.1 Å². The molecule has 51 heavy (non-hydrogen) atoms. The quantitative estimate of drug-likeness (QED) is 0.207. The third kappa shape index (κ3) is 6.46. The Morgan fingerprint density at radius 3 is 1.96 bits per heavy atom. The fraction of sp³-hybridized carbons (Fsp3) is 0.537. The molecule has 2 aromatic rings. The number of rotatable bonds is 17. The average Bonchev–Trinajstić information content (AvgIpc) is 3.74. The molecule has 6 atom stereocenters. The fourth-order valence-corrected chi connectivity index (χ4v) is 8.83. The van der Waals surface area contributed by atoms with Gasteiger partial charge in [-0.2, -0.15) is 0 Å². The molecular formula is C41H56N4O6. The molecule has 3 amide bonds. The second-order valence-electron chi connectivity index (χ2n) is 14.2. The molecule has 0 aromatic heterocycles. The molecule has 5 rings (SSSR count). The molecule has 1 spiro atoms. The zero-order valence-corrected chi connectivity index (χ0v) is 31.2. The van der Waals surface area contributed by atoms with Crippen molar-refractivity contribution in [1.82, 2.24) is 4.90 Å². The van der Waals surface area contributed by atoms with Gasteiger partial charge in [-0.3, -0.25) is 14.4 Å². The van der Waals surface area contributed by atoms with Crippen molar-refractivity contribution in [3.05, 3.63) is 73.8 Å². The lowest BCUT2D eigenvalue weighted by molar-refractivity contribution is -0.150. The van der Waals surface area contributed by atoms with Crippen LogP contribution in [0.4, 0.5) is 17.1 Å². The van der Waals surface area contributed by atoms with Gasteiger partial charge in [0.25, 0.3) is 5.91 Å². The molecule has 10 heteroatoms.